The zero-order valence-corrected chi connectivity index (χ0v) is 49.9. The molecule has 0 rings (SSSR count). The van der Waals surface area contributed by atoms with Gasteiger partial charge in [0, 0.05) is 19.3 Å². The molecule has 74 heavy (non-hydrogen) atoms. The molecule has 0 bridgehead atoms. The normalized spacial score (nSPS) is 12.2. The molecule has 0 amide bonds. The van der Waals surface area contributed by atoms with Crippen LogP contribution in [-0.2, 0) is 28.6 Å². The zero-order valence-electron chi connectivity index (χ0n) is 49.9. The van der Waals surface area contributed by atoms with Gasteiger partial charge in [-0.3, -0.25) is 14.4 Å². The Morgan fingerprint density at radius 2 is 0.486 bits per heavy atom. The topological polar surface area (TPSA) is 78.9 Å². The van der Waals surface area contributed by atoms with E-state index in [0.717, 1.165) is 70.6 Å². The fourth-order valence-electron chi connectivity index (χ4n) is 9.92. The van der Waals surface area contributed by atoms with E-state index in [1.54, 1.807) is 0 Å². The monoisotopic (exact) mass is 1040 g/mol. The molecule has 0 saturated carbocycles. The third kappa shape index (κ3) is 60.5. The maximum atomic E-state index is 12.9. The van der Waals surface area contributed by atoms with Gasteiger partial charge in [0.2, 0.25) is 0 Å². The first-order valence-electron chi connectivity index (χ1n) is 33.0. The van der Waals surface area contributed by atoms with E-state index in [4.69, 9.17) is 14.2 Å². The van der Waals surface area contributed by atoms with Crippen molar-refractivity contribution in [3.63, 3.8) is 0 Å². The number of hydrogen-bond acceptors (Lipinski definition) is 6. The van der Waals surface area contributed by atoms with Gasteiger partial charge in [-0.1, -0.05) is 320 Å². The van der Waals surface area contributed by atoms with Crippen LogP contribution >= 0.6 is 0 Å². The molecule has 0 aromatic carbocycles. The van der Waals surface area contributed by atoms with E-state index in [1.165, 1.54) is 250 Å². The minimum atomic E-state index is -0.767. The van der Waals surface area contributed by atoms with Gasteiger partial charge in [-0.25, -0.2) is 0 Å². The molecule has 434 valence electrons. The molecule has 6 nitrogen and oxygen atoms in total. The van der Waals surface area contributed by atoms with Crippen molar-refractivity contribution in [2.24, 2.45) is 0 Å². The van der Waals surface area contributed by atoms with Crippen LogP contribution in [0.25, 0.3) is 0 Å². The summed E-state index contributed by atoms with van der Waals surface area (Å²) in [5.41, 5.74) is 0. The lowest BCUT2D eigenvalue weighted by molar-refractivity contribution is -0.167. The van der Waals surface area contributed by atoms with Crippen molar-refractivity contribution in [2.45, 2.75) is 367 Å². The van der Waals surface area contributed by atoms with Crippen LogP contribution in [0.2, 0.25) is 0 Å². The molecule has 0 N–H and O–H groups in total. The Hall–Kier alpha value is -2.37. The Labute approximate surface area is 461 Å². The number of rotatable bonds is 61. The summed E-state index contributed by atoms with van der Waals surface area (Å²) in [6, 6.07) is 0. The Morgan fingerprint density at radius 3 is 0.757 bits per heavy atom. The average molecular weight is 1040 g/mol. The van der Waals surface area contributed by atoms with Crippen molar-refractivity contribution < 1.29 is 28.6 Å². The predicted molar refractivity (Wildman–Crippen MR) is 321 cm³/mol. The van der Waals surface area contributed by atoms with E-state index in [9.17, 15) is 14.4 Å². The van der Waals surface area contributed by atoms with Gasteiger partial charge >= 0.3 is 17.9 Å². The molecule has 0 heterocycles. The minimum absolute atomic E-state index is 0.0685. The van der Waals surface area contributed by atoms with Crippen molar-refractivity contribution in [1.82, 2.24) is 0 Å². The van der Waals surface area contributed by atoms with Crippen LogP contribution in [0.3, 0.4) is 0 Å². The molecule has 0 aromatic rings. The predicted octanol–water partition coefficient (Wildman–Crippen LogP) is 22.4. The zero-order chi connectivity index (χ0) is 53.6. The van der Waals surface area contributed by atoms with Crippen molar-refractivity contribution in [3.05, 3.63) is 36.5 Å². The number of unbranched alkanes of at least 4 members (excludes halogenated alkanes) is 44. The highest BCUT2D eigenvalue weighted by Crippen LogP contribution is 2.18. The standard InChI is InChI=1S/C68H126O6/c1-4-7-10-13-16-18-20-22-24-26-28-30-32-33-34-35-37-38-40-42-44-46-48-50-52-55-58-61-67(70)73-64-65(63-72-66(69)60-57-54-15-12-9-6-3)74-68(71)62-59-56-53-51-49-47-45-43-41-39-36-31-29-27-25-23-21-19-17-14-11-8-5-2/h20,22,26,28,32-33,65H,4-19,21,23-25,27,29-31,34-64H2,1-3H3/b22-20-,28-26-,33-32-. The van der Waals surface area contributed by atoms with E-state index < -0.39 is 6.10 Å². The number of allylic oxidation sites excluding steroid dienone is 6. The number of esters is 3. The van der Waals surface area contributed by atoms with Gasteiger partial charge in [0.1, 0.15) is 13.2 Å². The van der Waals surface area contributed by atoms with Gasteiger partial charge in [-0.15, -0.1) is 0 Å². The Balaban J connectivity index is 4.03. The fourth-order valence-corrected chi connectivity index (χ4v) is 9.92. The summed E-state index contributed by atoms with van der Waals surface area (Å²) in [4.78, 5) is 38.0. The van der Waals surface area contributed by atoms with E-state index in [2.05, 4.69) is 57.2 Å². The maximum Gasteiger partial charge on any atom is 0.306 e. The van der Waals surface area contributed by atoms with Crippen LogP contribution in [0.15, 0.2) is 36.5 Å². The third-order valence-corrected chi connectivity index (χ3v) is 14.9. The van der Waals surface area contributed by atoms with E-state index in [0.29, 0.717) is 19.3 Å². The molecule has 0 aliphatic heterocycles. The van der Waals surface area contributed by atoms with Gasteiger partial charge in [0.15, 0.2) is 6.10 Å². The number of hydrogen-bond donors (Lipinski definition) is 0. The van der Waals surface area contributed by atoms with Gasteiger partial charge in [-0.05, 0) is 57.8 Å². The molecule has 6 heteroatoms. The molecule has 1 atom stereocenters. The van der Waals surface area contributed by atoms with Crippen LogP contribution < -0.4 is 0 Å². The summed E-state index contributed by atoms with van der Waals surface area (Å²) in [6.07, 6.45) is 77.7. The average Bonchev–Trinajstić information content (AvgIpc) is 3.40. The lowest BCUT2D eigenvalue weighted by atomic mass is 10.0. The van der Waals surface area contributed by atoms with Gasteiger partial charge in [0.05, 0.1) is 0 Å². The molecule has 0 radical (unpaired) electrons. The second kappa shape index (κ2) is 63.2. The Kier molecular flexibility index (Phi) is 61.1. The van der Waals surface area contributed by atoms with Crippen LogP contribution in [0, 0.1) is 0 Å². The summed E-state index contributed by atoms with van der Waals surface area (Å²) < 4.78 is 16.8. The number of ether oxygens (including phenoxy) is 3. The molecule has 0 aromatic heterocycles. The molecular formula is C68H126O6. The molecule has 0 aliphatic carbocycles. The van der Waals surface area contributed by atoms with Crippen molar-refractivity contribution in [1.29, 1.82) is 0 Å². The largest absolute Gasteiger partial charge is 0.462 e. The molecular weight excluding hydrogens is 913 g/mol. The molecule has 0 fully saturated rings. The first kappa shape index (κ1) is 71.6. The highest BCUT2D eigenvalue weighted by atomic mass is 16.6. The summed E-state index contributed by atoms with van der Waals surface area (Å²) in [7, 11) is 0. The van der Waals surface area contributed by atoms with Crippen molar-refractivity contribution in [2.75, 3.05) is 13.2 Å². The Morgan fingerprint density at radius 1 is 0.270 bits per heavy atom. The van der Waals surface area contributed by atoms with Crippen LogP contribution in [0.4, 0.5) is 0 Å². The summed E-state index contributed by atoms with van der Waals surface area (Å²) in [5.74, 6) is -0.857. The minimum Gasteiger partial charge on any atom is -0.462 e. The first-order chi connectivity index (χ1) is 36.5. The quantitative estimate of drug-likeness (QED) is 0.0261. The van der Waals surface area contributed by atoms with Gasteiger partial charge in [-0.2, -0.15) is 0 Å². The van der Waals surface area contributed by atoms with E-state index in [1.807, 2.05) is 0 Å². The fraction of sp³-hybridized carbons (Fsp3) is 0.868. The van der Waals surface area contributed by atoms with Gasteiger partial charge in [0.25, 0.3) is 0 Å². The lowest BCUT2D eigenvalue weighted by Gasteiger charge is -2.18. The molecule has 1 unspecified atom stereocenters. The third-order valence-electron chi connectivity index (χ3n) is 14.9. The summed E-state index contributed by atoms with van der Waals surface area (Å²) >= 11 is 0. The van der Waals surface area contributed by atoms with Crippen molar-refractivity contribution in [3.8, 4) is 0 Å². The maximum absolute atomic E-state index is 12.9. The molecule has 0 aliphatic rings. The SMILES string of the molecule is CCCCCCC/C=C\C/C=C\C/C=C\CCCCCCCCCCCCCCC(=O)OCC(COC(=O)CCCCCCCC)OC(=O)CCCCCCCCCCCCCCCCCCCCCCCCC. The second-order valence-corrected chi connectivity index (χ2v) is 22.4. The second-order valence-electron chi connectivity index (χ2n) is 22.4. The van der Waals surface area contributed by atoms with Crippen LogP contribution in [-0.4, -0.2) is 37.2 Å². The summed E-state index contributed by atoms with van der Waals surface area (Å²) in [6.45, 7) is 6.63. The number of carbonyl (C=O) groups excluding carboxylic acids is 3. The Bertz CT molecular complexity index is 1240. The smallest absolute Gasteiger partial charge is 0.306 e. The van der Waals surface area contributed by atoms with Crippen molar-refractivity contribution >= 4 is 17.9 Å². The van der Waals surface area contributed by atoms with E-state index >= 15 is 0 Å². The lowest BCUT2D eigenvalue weighted by Crippen LogP contribution is -2.30. The first-order valence-corrected chi connectivity index (χ1v) is 33.0. The summed E-state index contributed by atoms with van der Waals surface area (Å²) in [5, 5.41) is 0. The van der Waals surface area contributed by atoms with Gasteiger partial charge < -0.3 is 14.2 Å². The van der Waals surface area contributed by atoms with Crippen LogP contribution in [0.5, 0.6) is 0 Å². The van der Waals surface area contributed by atoms with E-state index in [-0.39, 0.29) is 31.1 Å². The van der Waals surface area contributed by atoms with Crippen LogP contribution in [0.1, 0.15) is 361 Å². The highest BCUT2D eigenvalue weighted by molar-refractivity contribution is 5.71. The molecule has 0 spiro atoms. The highest BCUT2D eigenvalue weighted by Gasteiger charge is 2.19. The number of carbonyl (C=O) groups is 3. The molecule has 0 saturated heterocycles.